The molecule has 7 heteroatoms. The van der Waals surface area contributed by atoms with Gasteiger partial charge in [0.15, 0.2) is 0 Å². The first-order chi connectivity index (χ1) is 10.4. The summed E-state index contributed by atoms with van der Waals surface area (Å²) in [6.07, 6.45) is 1.64. The van der Waals surface area contributed by atoms with E-state index in [2.05, 4.69) is 5.32 Å². The first kappa shape index (κ1) is 16.8. The van der Waals surface area contributed by atoms with Crippen molar-refractivity contribution in [3.63, 3.8) is 0 Å². The van der Waals surface area contributed by atoms with E-state index >= 15 is 0 Å². The number of phenols is 1. The zero-order valence-electron chi connectivity index (χ0n) is 12.7. The molecule has 0 atom stereocenters. The van der Waals surface area contributed by atoms with E-state index < -0.39 is 10.0 Å². The number of carbonyl (C=O) groups is 1. The number of nitrogens with zero attached hydrogens (tertiary/aromatic N) is 1. The highest BCUT2D eigenvalue weighted by molar-refractivity contribution is 7.89. The van der Waals surface area contributed by atoms with E-state index in [0.29, 0.717) is 38.0 Å². The molecule has 0 unspecified atom stereocenters. The number of benzene rings is 1. The maximum absolute atomic E-state index is 12.2. The van der Waals surface area contributed by atoms with Crippen LogP contribution in [0, 0.1) is 5.92 Å². The topological polar surface area (TPSA) is 86.7 Å². The van der Waals surface area contributed by atoms with Gasteiger partial charge in [-0.05, 0) is 31.4 Å². The van der Waals surface area contributed by atoms with Gasteiger partial charge in [-0.15, -0.1) is 0 Å². The summed E-state index contributed by atoms with van der Waals surface area (Å²) in [5, 5.41) is 12.2. The standard InChI is InChI=1S/C15H22N2O4S/c1-2-10-22(20,21)17-8-6-12(7-9-17)15(19)16-13-4-3-5-14(18)11-13/h3-5,11-12,18H,2,6-10H2,1H3,(H,16,19). The van der Waals surface area contributed by atoms with Gasteiger partial charge in [-0.2, -0.15) is 0 Å². The number of phenolic OH excluding ortho intramolecular Hbond substituents is 1. The fourth-order valence-corrected chi connectivity index (χ4v) is 4.15. The third-order valence-corrected chi connectivity index (χ3v) is 5.87. The Labute approximate surface area is 131 Å². The van der Waals surface area contributed by atoms with Crippen LogP contribution in [-0.4, -0.2) is 42.6 Å². The first-order valence-corrected chi connectivity index (χ1v) is 9.11. The SMILES string of the molecule is CCCS(=O)(=O)N1CCC(C(=O)Nc2cccc(O)c2)CC1. The van der Waals surface area contributed by atoms with Crippen molar-refractivity contribution < 1.29 is 18.3 Å². The van der Waals surface area contributed by atoms with E-state index in [-0.39, 0.29) is 23.3 Å². The summed E-state index contributed by atoms with van der Waals surface area (Å²) in [5.74, 6) is -0.0699. The molecule has 1 saturated heterocycles. The Morgan fingerprint density at radius 1 is 1.36 bits per heavy atom. The van der Waals surface area contributed by atoms with Crippen molar-refractivity contribution in [1.82, 2.24) is 4.31 Å². The van der Waals surface area contributed by atoms with Crippen molar-refractivity contribution in [3.05, 3.63) is 24.3 Å². The van der Waals surface area contributed by atoms with Crippen LogP contribution in [0.1, 0.15) is 26.2 Å². The third kappa shape index (κ3) is 4.20. The number of aromatic hydroxyl groups is 1. The molecule has 1 amide bonds. The molecule has 6 nitrogen and oxygen atoms in total. The van der Waals surface area contributed by atoms with Gasteiger partial charge in [0.25, 0.3) is 0 Å². The van der Waals surface area contributed by atoms with Crippen LogP contribution in [0.15, 0.2) is 24.3 Å². The van der Waals surface area contributed by atoms with Crippen molar-refractivity contribution in [2.24, 2.45) is 5.92 Å². The lowest BCUT2D eigenvalue weighted by Gasteiger charge is -2.30. The predicted octanol–water partition coefficient (Wildman–Crippen LogP) is 1.78. The minimum absolute atomic E-state index is 0.0956. The van der Waals surface area contributed by atoms with E-state index in [1.807, 2.05) is 6.92 Å². The second-order valence-corrected chi connectivity index (χ2v) is 7.62. The maximum Gasteiger partial charge on any atom is 0.227 e. The molecule has 1 aliphatic rings. The molecule has 0 saturated carbocycles. The number of rotatable bonds is 5. The summed E-state index contributed by atoms with van der Waals surface area (Å²) in [7, 11) is -3.18. The highest BCUT2D eigenvalue weighted by Gasteiger charge is 2.30. The third-order valence-electron chi connectivity index (χ3n) is 3.79. The van der Waals surface area contributed by atoms with Crippen molar-refractivity contribution >= 4 is 21.6 Å². The van der Waals surface area contributed by atoms with Crippen molar-refractivity contribution in [2.75, 3.05) is 24.2 Å². The number of nitrogens with one attached hydrogen (secondary N) is 1. The molecule has 0 aromatic heterocycles. The summed E-state index contributed by atoms with van der Waals surface area (Å²) < 4.78 is 25.5. The monoisotopic (exact) mass is 326 g/mol. The fourth-order valence-electron chi connectivity index (χ4n) is 2.61. The Kier molecular flexibility index (Phi) is 5.42. The average molecular weight is 326 g/mol. The van der Waals surface area contributed by atoms with Gasteiger partial charge in [0, 0.05) is 30.8 Å². The van der Waals surface area contributed by atoms with Crippen LogP contribution in [0.2, 0.25) is 0 Å². The number of sulfonamides is 1. The highest BCUT2D eigenvalue weighted by atomic mass is 32.2. The predicted molar refractivity (Wildman–Crippen MR) is 85.1 cm³/mol. The molecule has 1 aliphatic heterocycles. The maximum atomic E-state index is 12.2. The van der Waals surface area contributed by atoms with Gasteiger partial charge >= 0.3 is 0 Å². The van der Waals surface area contributed by atoms with Crippen LogP contribution in [0.25, 0.3) is 0 Å². The number of piperidine rings is 1. The molecule has 2 rings (SSSR count). The van der Waals surface area contributed by atoms with Crippen LogP contribution in [0.3, 0.4) is 0 Å². The molecule has 122 valence electrons. The molecule has 0 bridgehead atoms. The molecule has 1 aromatic carbocycles. The molecule has 1 fully saturated rings. The summed E-state index contributed by atoms with van der Waals surface area (Å²) >= 11 is 0. The van der Waals surface area contributed by atoms with Gasteiger partial charge in [0.1, 0.15) is 5.75 Å². The van der Waals surface area contributed by atoms with Gasteiger partial charge in [0.05, 0.1) is 5.75 Å². The van der Waals surface area contributed by atoms with Crippen LogP contribution in [-0.2, 0) is 14.8 Å². The molecule has 1 aromatic rings. The molecular weight excluding hydrogens is 304 g/mol. The molecule has 1 heterocycles. The van der Waals surface area contributed by atoms with Crippen LogP contribution >= 0.6 is 0 Å². The van der Waals surface area contributed by atoms with Crippen LogP contribution in [0.4, 0.5) is 5.69 Å². The summed E-state index contributed by atoms with van der Waals surface area (Å²) in [6, 6.07) is 6.38. The van der Waals surface area contributed by atoms with E-state index in [1.54, 1.807) is 12.1 Å². The molecular formula is C15H22N2O4S. The number of carbonyl (C=O) groups excluding carboxylic acids is 1. The van der Waals surface area contributed by atoms with Gasteiger partial charge in [-0.25, -0.2) is 12.7 Å². The van der Waals surface area contributed by atoms with Gasteiger partial charge in [-0.1, -0.05) is 13.0 Å². The Morgan fingerprint density at radius 3 is 2.64 bits per heavy atom. The molecule has 0 radical (unpaired) electrons. The summed E-state index contributed by atoms with van der Waals surface area (Å²) in [6.45, 7) is 2.62. The van der Waals surface area contributed by atoms with Crippen LogP contribution in [0.5, 0.6) is 5.75 Å². The van der Waals surface area contributed by atoms with E-state index in [9.17, 15) is 18.3 Å². The molecule has 0 aliphatic carbocycles. The lowest BCUT2D eigenvalue weighted by atomic mass is 9.97. The summed E-state index contributed by atoms with van der Waals surface area (Å²) in [4.78, 5) is 12.2. The lowest BCUT2D eigenvalue weighted by Crippen LogP contribution is -2.42. The number of hydrogen-bond donors (Lipinski definition) is 2. The normalized spacial score (nSPS) is 17.3. The van der Waals surface area contributed by atoms with E-state index in [1.165, 1.54) is 16.4 Å². The van der Waals surface area contributed by atoms with Gasteiger partial charge in [0.2, 0.25) is 15.9 Å². The minimum Gasteiger partial charge on any atom is -0.508 e. The van der Waals surface area contributed by atoms with Crippen molar-refractivity contribution in [3.8, 4) is 5.75 Å². The average Bonchev–Trinajstić information content (AvgIpc) is 2.47. The van der Waals surface area contributed by atoms with E-state index in [0.717, 1.165) is 0 Å². The highest BCUT2D eigenvalue weighted by Crippen LogP contribution is 2.23. The smallest absolute Gasteiger partial charge is 0.227 e. The Bertz CT molecular complexity index is 622. The quantitative estimate of drug-likeness (QED) is 0.863. The largest absolute Gasteiger partial charge is 0.508 e. The second-order valence-electron chi connectivity index (χ2n) is 5.53. The number of amides is 1. The number of anilines is 1. The van der Waals surface area contributed by atoms with Crippen LogP contribution < -0.4 is 5.32 Å². The first-order valence-electron chi connectivity index (χ1n) is 7.50. The Morgan fingerprint density at radius 2 is 2.05 bits per heavy atom. The number of hydrogen-bond acceptors (Lipinski definition) is 4. The van der Waals surface area contributed by atoms with Crippen molar-refractivity contribution in [2.45, 2.75) is 26.2 Å². The second kappa shape index (κ2) is 7.11. The molecule has 2 N–H and O–H groups in total. The zero-order chi connectivity index (χ0) is 16.2. The van der Waals surface area contributed by atoms with E-state index in [4.69, 9.17) is 0 Å². The fraction of sp³-hybridized carbons (Fsp3) is 0.533. The minimum atomic E-state index is -3.18. The Hall–Kier alpha value is -1.60. The zero-order valence-corrected chi connectivity index (χ0v) is 13.5. The lowest BCUT2D eigenvalue weighted by molar-refractivity contribution is -0.120. The Balaban J connectivity index is 1.90. The molecule has 22 heavy (non-hydrogen) atoms. The summed E-state index contributed by atoms with van der Waals surface area (Å²) in [5.41, 5.74) is 0.547. The molecule has 0 spiro atoms. The van der Waals surface area contributed by atoms with Crippen molar-refractivity contribution in [1.29, 1.82) is 0 Å². The van der Waals surface area contributed by atoms with Gasteiger partial charge in [-0.3, -0.25) is 4.79 Å². The van der Waals surface area contributed by atoms with Gasteiger partial charge < -0.3 is 10.4 Å².